The summed E-state index contributed by atoms with van der Waals surface area (Å²) < 4.78 is 79.9. The molecule has 2 nitrogen and oxygen atoms in total. The van der Waals surface area contributed by atoms with E-state index < -0.39 is 29.8 Å². The summed E-state index contributed by atoms with van der Waals surface area (Å²) in [6.45, 7) is 3.24. The molecule has 0 aromatic rings. The second-order valence-electron chi connectivity index (χ2n) is 5.92. The van der Waals surface area contributed by atoms with Gasteiger partial charge in [-0.15, -0.1) is 0 Å². The van der Waals surface area contributed by atoms with Crippen molar-refractivity contribution in [2.45, 2.75) is 38.7 Å². The maximum Gasteiger partial charge on any atom is 0.434 e. The minimum Gasteiger partial charge on any atom is -0.476 e. The SMILES string of the molecule is CC1CC(OC(C(F)(F)F)C(F)(F)F)=CC2(C)C=CC(=O)C=C12. The van der Waals surface area contributed by atoms with Crippen LogP contribution in [0.1, 0.15) is 20.3 Å². The standard InChI is InChI=1S/C15H14F6O2/c1-8-5-10(23-12(14(16,17)18)15(19,20)21)7-13(2)4-3-9(22)6-11(8)13/h3-4,6-8,12H,5H2,1-2H3. The Morgan fingerprint density at radius 1 is 1.22 bits per heavy atom. The fraction of sp³-hybridized carbons (Fsp3) is 0.533. The van der Waals surface area contributed by atoms with Gasteiger partial charge < -0.3 is 4.74 Å². The Morgan fingerprint density at radius 3 is 2.30 bits per heavy atom. The zero-order valence-electron chi connectivity index (χ0n) is 12.3. The number of carbonyl (C=O) groups excluding carboxylic acids is 1. The highest BCUT2D eigenvalue weighted by Crippen LogP contribution is 2.47. The van der Waals surface area contributed by atoms with E-state index in [0.717, 1.165) is 0 Å². The molecule has 2 aliphatic rings. The van der Waals surface area contributed by atoms with Crippen molar-refractivity contribution in [3.05, 3.63) is 35.6 Å². The molecule has 23 heavy (non-hydrogen) atoms. The zero-order chi connectivity index (χ0) is 17.6. The molecule has 0 bridgehead atoms. The van der Waals surface area contributed by atoms with Gasteiger partial charge in [0.05, 0.1) is 5.76 Å². The van der Waals surface area contributed by atoms with Crippen molar-refractivity contribution in [1.29, 1.82) is 0 Å². The Labute approximate surface area is 128 Å². The number of alkyl halides is 6. The molecule has 0 fully saturated rings. The van der Waals surface area contributed by atoms with E-state index in [1.54, 1.807) is 13.8 Å². The van der Waals surface area contributed by atoms with Crippen molar-refractivity contribution in [2.24, 2.45) is 11.3 Å². The van der Waals surface area contributed by atoms with Crippen LogP contribution in [0.2, 0.25) is 0 Å². The van der Waals surface area contributed by atoms with Crippen molar-refractivity contribution in [2.75, 3.05) is 0 Å². The molecule has 2 unspecified atom stereocenters. The normalized spacial score (nSPS) is 28.4. The molecule has 2 aliphatic carbocycles. The van der Waals surface area contributed by atoms with Crippen molar-refractivity contribution < 1.29 is 35.9 Å². The van der Waals surface area contributed by atoms with Crippen LogP contribution in [0.25, 0.3) is 0 Å². The van der Waals surface area contributed by atoms with Crippen LogP contribution in [0.15, 0.2) is 35.6 Å². The summed E-state index contributed by atoms with van der Waals surface area (Å²) in [6.07, 6.45) is -9.84. The lowest BCUT2D eigenvalue weighted by Gasteiger charge is -2.38. The largest absolute Gasteiger partial charge is 0.476 e. The quantitative estimate of drug-likeness (QED) is 0.692. The molecule has 0 saturated heterocycles. The van der Waals surface area contributed by atoms with Crippen LogP contribution in [0, 0.1) is 11.3 Å². The van der Waals surface area contributed by atoms with Gasteiger partial charge in [0.15, 0.2) is 5.78 Å². The molecular weight excluding hydrogens is 326 g/mol. The fourth-order valence-electron chi connectivity index (χ4n) is 2.87. The summed E-state index contributed by atoms with van der Waals surface area (Å²) in [4.78, 5) is 11.4. The Hall–Kier alpha value is -1.73. The van der Waals surface area contributed by atoms with Crippen LogP contribution >= 0.6 is 0 Å². The van der Waals surface area contributed by atoms with E-state index in [4.69, 9.17) is 0 Å². The van der Waals surface area contributed by atoms with Gasteiger partial charge in [0, 0.05) is 11.8 Å². The Morgan fingerprint density at radius 2 is 1.78 bits per heavy atom. The van der Waals surface area contributed by atoms with Gasteiger partial charge in [-0.1, -0.05) is 13.0 Å². The third kappa shape index (κ3) is 3.61. The lowest BCUT2D eigenvalue weighted by Crippen LogP contribution is -2.44. The first-order valence-electron chi connectivity index (χ1n) is 6.80. The molecule has 8 heteroatoms. The summed E-state index contributed by atoms with van der Waals surface area (Å²) in [5.74, 6) is -1.04. The average Bonchev–Trinajstić information content (AvgIpc) is 2.35. The van der Waals surface area contributed by atoms with E-state index in [1.165, 1.54) is 24.3 Å². The van der Waals surface area contributed by atoms with Crippen LogP contribution in [-0.4, -0.2) is 24.2 Å². The van der Waals surface area contributed by atoms with Gasteiger partial charge in [0.2, 0.25) is 0 Å². The Kier molecular flexibility index (Phi) is 4.15. The van der Waals surface area contributed by atoms with E-state index in [9.17, 15) is 31.1 Å². The lowest BCUT2D eigenvalue weighted by atomic mass is 9.68. The molecule has 2 atom stereocenters. The van der Waals surface area contributed by atoms with E-state index >= 15 is 0 Å². The van der Waals surface area contributed by atoms with E-state index in [-0.39, 0.29) is 18.0 Å². The number of ketones is 1. The molecule has 0 heterocycles. The molecule has 0 aliphatic heterocycles. The zero-order valence-corrected chi connectivity index (χ0v) is 12.3. The van der Waals surface area contributed by atoms with E-state index in [1.807, 2.05) is 0 Å². The molecule has 0 N–H and O–H groups in total. The summed E-state index contributed by atoms with van der Waals surface area (Å²) >= 11 is 0. The van der Waals surface area contributed by atoms with Crippen LogP contribution in [0.3, 0.4) is 0 Å². The second-order valence-corrected chi connectivity index (χ2v) is 5.92. The van der Waals surface area contributed by atoms with Gasteiger partial charge in [-0.25, -0.2) is 0 Å². The molecule has 0 saturated carbocycles. The highest BCUT2D eigenvalue weighted by Gasteiger charge is 2.59. The fourth-order valence-corrected chi connectivity index (χ4v) is 2.87. The predicted octanol–water partition coefficient (Wildman–Crippen LogP) is 4.49. The summed E-state index contributed by atoms with van der Waals surface area (Å²) in [5.41, 5.74) is -0.282. The smallest absolute Gasteiger partial charge is 0.434 e. The molecule has 0 radical (unpaired) electrons. The topological polar surface area (TPSA) is 26.3 Å². The minimum atomic E-state index is -5.56. The van der Waals surface area contributed by atoms with Gasteiger partial charge >= 0.3 is 12.4 Å². The van der Waals surface area contributed by atoms with Crippen molar-refractivity contribution in [1.82, 2.24) is 0 Å². The van der Waals surface area contributed by atoms with Crippen molar-refractivity contribution in [3.8, 4) is 0 Å². The van der Waals surface area contributed by atoms with Crippen LogP contribution < -0.4 is 0 Å². The maximum atomic E-state index is 12.6. The number of carbonyl (C=O) groups is 1. The average molecular weight is 340 g/mol. The first-order valence-corrected chi connectivity index (χ1v) is 6.80. The summed E-state index contributed by atoms with van der Waals surface area (Å²) in [7, 11) is 0. The number of halogens is 6. The Bertz CT molecular complexity index is 582. The first kappa shape index (κ1) is 17.6. The third-order valence-electron chi connectivity index (χ3n) is 3.88. The number of hydrogen-bond acceptors (Lipinski definition) is 2. The maximum absolute atomic E-state index is 12.6. The highest BCUT2D eigenvalue weighted by atomic mass is 19.4. The van der Waals surface area contributed by atoms with Gasteiger partial charge in [0.25, 0.3) is 6.10 Å². The molecule has 2 rings (SSSR count). The predicted molar refractivity (Wildman–Crippen MR) is 69.2 cm³/mol. The van der Waals surface area contributed by atoms with E-state index in [2.05, 4.69) is 4.74 Å². The molecule has 128 valence electrons. The third-order valence-corrected chi connectivity index (χ3v) is 3.88. The Balaban J connectivity index is 2.35. The lowest BCUT2D eigenvalue weighted by molar-refractivity contribution is -0.313. The summed E-state index contributed by atoms with van der Waals surface area (Å²) in [5, 5.41) is 0. The van der Waals surface area contributed by atoms with Crippen LogP contribution in [0.5, 0.6) is 0 Å². The number of ether oxygens (including phenoxy) is 1. The second kappa shape index (κ2) is 5.42. The van der Waals surface area contributed by atoms with Gasteiger partial charge in [-0.2, -0.15) is 26.3 Å². The van der Waals surface area contributed by atoms with Crippen LogP contribution in [0.4, 0.5) is 26.3 Å². The number of hydrogen-bond donors (Lipinski definition) is 0. The molecule has 0 aromatic heterocycles. The van der Waals surface area contributed by atoms with Crippen molar-refractivity contribution in [3.63, 3.8) is 0 Å². The molecule has 0 spiro atoms. The monoisotopic (exact) mass is 340 g/mol. The number of fused-ring (bicyclic) bond motifs is 1. The van der Waals surface area contributed by atoms with Gasteiger partial charge in [-0.3, -0.25) is 4.79 Å². The molecule has 0 aromatic carbocycles. The summed E-state index contributed by atoms with van der Waals surface area (Å²) in [6, 6.07) is 0. The highest BCUT2D eigenvalue weighted by molar-refractivity contribution is 6.01. The molecular formula is C15H14F6O2. The van der Waals surface area contributed by atoms with E-state index in [0.29, 0.717) is 5.57 Å². The van der Waals surface area contributed by atoms with Crippen molar-refractivity contribution >= 4 is 5.78 Å². The minimum absolute atomic E-state index is 0.134. The van der Waals surface area contributed by atoms with Gasteiger partial charge in [0.1, 0.15) is 0 Å². The van der Waals surface area contributed by atoms with Gasteiger partial charge in [-0.05, 0) is 36.6 Å². The first-order chi connectivity index (χ1) is 10.3. The van der Waals surface area contributed by atoms with Crippen LogP contribution in [-0.2, 0) is 9.53 Å². The number of allylic oxidation sites excluding steroid dienone is 6. The number of rotatable bonds is 2. The molecule has 0 amide bonds.